The molecule has 6 heteroatoms. The summed E-state index contributed by atoms with van der Waals surface area (Å²) in [5, 5.41) is 0. The molecule has 0 bridgehead atoms. The lowest BCUT2D eigenvalue weighted by Gasteiger charge is -2.34. The Kier molecular flexibility index (Phi) is 5.38. The molecule has 0 N–H and O–H groups in total. The number of amides is 2. The number of carbonyl (C=O) groups is 2. The third kappa shape index (κ3) is 4.21. The second-order valence-electron chi connectivity index (χ2n) is 6.04. The minimum absolute atomic E-state index is 0.0442. The zero-order chi connectivity index (χ0) is 17.6. The summed E-state index contributed by atoms with van der Waals surface area (Å²) >= 11 is 0. The average molecular weight is 342 g/mol. The maximum atomic E-state index is 12.4. The summed E-state index contributed by atoms with van der Waals surface area (Å²) in [7, 11) is 1.63. The SMILES string of the molecule is COc1cccc(CCC(=O)N2CCN(C(=O)c3ccoc3)CC2)c1. The number of rotatable bonds is 5. The first-order valence-electron chi connectivity index (χ1n) is 8.39. The highest BCUT2D eigenvalue weighted by Crippen LogP contribution is 2.15. The van der Waals surface area contributed by atoms with E-state index >= 15 is 0 Å². The van der Waals surface area contributed by atoms with Crippen molar-refractivity contribution in [3.05, 3.63) is 54.0 Å². The first kappa shape index (κ1) is 17.1. The van der Waals surface area contributed by atoms with Crippen molar-refractivity contribution in [1.82, 2.24) is 9.80 Å². The van der Waals surface area contributed by atoms with Gasteiger partial charge in [-0.15, -0.1) is 0 Å². The number of furan rings is 1. The lowest BCUT2D eigenvalue weighted by molar-refractivity contribution is -0.132. The van der Waals surface area contributed by atoms with Crippen LogP contribution in [0.25, 0.3) is 0 Å². The van der Waals surface area contributed by atoms with Gasteiger partial charge < -0.3 is 19.0 Å². The highest BCUT2D eigenvalue weighted by Gasteiger charge is 2.25. The predicted molar refractivity (Wildman–Crippen MR) is 92.5 cm³/mol. The number of benzene rings is 1. The smallest absolute Gasteiger partial charge is 0.257 e. The topological polar surface area (TPSA) is 63.0 Å². The fourth-order valence-corrected chi connectivity index (χ4v) is 2.97. The third-order valence-electron chi connectivity index (χ3n) is 4.45. The van der Waals surface area contributed by atoms with Gasteiger partial charge in [0.25, 0.3) is 5.91 Å². The summed E-state index contributed by atoms with van der Waals surface area (Å²) in [4.78, 5) is 28.3. The largest absolute Gasteiger partial charge is 0.497 e. The average Bonchev–Trinajstić information content (AvgIpc) is 3.20. The summed E-state index contributed by atoms with van der Waals surface area (Å²) in [6, 6.07) is 9.43. The number of carbonyl (C=O) groups excluding carboxylic acids is 2. The molecule has 3 rings (SSSR count). The molecule has 0 unspecified atom stereocenters. The summed E-state index contributed by atoms with van der Waals surface area (Å²) < 4.78 is 10.2. The van der Waals surface area contributed by atoms with Crippen molar-refractivity contribution in [2.45, 2.75) is 12.8 Å². The van der Waals surface area contributed by atoms with Crippen LogP contribution < -0.4 is 4.74 Å². The van der Waals surface area contributed by atoms with Crippen LogP contribution in [0.5, 0.6) is 5.75 Å². The lowest BCUT2D eigenvalue weighted by Crippen LogP contribution is -2.50. The Bertz CT molecular complexity index is 719. The Morgan fingerprint density at radius 3 is 2.56 bits per heavy atom. The fraction of sp³-hybridized carbons (Fsp3) is 0.368. The van der Waals surface area contributed by atoms with Crippen molar-refractivity contribution >= 4 is 11.8 Å². The van der Waals surface area contributed by atoms with Gasteiger partial charge in [-0.2, -0.15) is 0 Å². The maximum absolute atomic E-state index is 12.4. The quantitative estimate of drug-likeness (QED) is 0.836. The van der Waals surface area contributed by atoms with Gasteiger partial charge in [0.1, 0.15) is 12.0 Å². The Hall–Kier alpha value is -2.76. The Morgan fingerprint density at radius 1 is 1.12 bits per heavy atom. The van der Waals surface area contributed by atoms with Crippen LogP contribution in [0.4, 0.5) is 0 Å². The number of methoxy groups -OCH3 is 1. The number of piperazine rings is 1. The van der Waals surface area contributed by atoms with Crippen LogP contribution in [0.3, 0.4) is 0 Å². The van der Waals surface area contributed by atoms with E-state index in [2.05, 4.69) is 0 Å². The van der Waals surface area contributed by atoms with Crippen molar-refractivity contribution in [2.75, 3.05) is 33.3 Å². The molecule has 2 amide bonds. The van der Waals surface area contributed by atoms with Crippen LogP contribution >= 0.6 is 0 Å². The van der Waals surface area contributed by atoms with Gasteiger partial charge in [-0.1, -0.05) is 12.1 Å². The molecule has 2 aromatic rings. The first-order valence-corrected chi connectivity index (χ1v) is 8.39. The third-order valence-corrected chi connectivity index (χ3v) is 4.45. The van der Waals surface area contributed by atoms with Crippen molar-refractivity contribution in [1.29, 1.82) is 0 Å². The van der Waals surface area contributed by atoms with Gasteiger partial charge in [0.2, 0.25) is 5.91 Å². The van der Waals surface area contributed by atoms with E-state index in [0.29, 0.717) is 44.6 Å². The molecule has 1 fully saturated rings. The maximum Gasteiger partial charge on any atom is 0.257 e. The number of hydrogen-bond donors (Lipinski definition) is 0. The van der Waals surface area contributed by atoms with Gasteiger partial charge in [-0.3, -0.25) is 9.59 Å². The molecule has 1 aromatic heterocycles. The van der Waals surface area contributed by atoms with Crippen LogP contribution in [0.2, 0.25) is 0 Å². The van der Waals surface area contributed by atoms with Crippen LogP contribution in [-0.2, 0) is 11.2 Å². The van der Waals surface area contributed by atoms with E-state index in [0.717, 1.165) is 11.3 Å². The van der Waals surface area contributed by atoms with Gasteiger partial charge >= 0.3 is 0 Å². The van der Waals surface area contributed by atoms with Gasteiger partial charge in [0.15, 0.2) is 0 Å². The minimum Gasteiger partial charge on any atom is -0.497 e. The molecule has 0 radical (unpaired) electrons. The molecule has 1 aliphatic rings. The molecule has 1 saturated heterocycles. The fourth-order valence-electron chi connectivity index (χ4n) is 2.97. The van der Waals surface area contributed by atoms with Crippen LogP contribution in [0, 0.1) is 0 Å². The molecule has 0 atom stereocenters. The standard InChI is InChI=1S/C19H22N2O4/c1-24-17-4-2-3-15(13-17)5-6-18(22)20-8-10-21(11-9-20)19(23)16-7-12-25-14-16/h2-4,7,12-14H,5-6,8-11H2,1H3. The number of ether oxygens (including phenoxy) is 1. The van der Waals surface area contributed by atoms with Crippen LogP contribution in [0.1, 0.15) is 22.3 Å². The molecular formula is C19H22N2O4. The van der Waals surface area contributed by atoms with Crippen molar-refractivity contribution in [3.8, 4) is 5.75 Å². The Balaban J connectivity index is 1.47. The van der Waals surface area contributed by atoms with E-state index in [1.807, 2.05) is 29.2 Å². The Morgan fingerprint density at radius 2 is 1.88 bits per heavy atom. The highest BCUT2D eigenvalue weighted by molar-refractivity contribution is 5.94. The molecule has 0 spiro atoms. The van der Waals surface area contributed by atoms with E-state index in [1.54, 1.807) is 18.1 Å². The second kappa shape index (κ2) is 7.88. The molecule has 6 nitrogen and oxygen atoms in total. The van der Waals surface area contributed by atoms with Crippen LogP contribution in [0.15, 0.2) is 47.3 Å². The number of aryl methyl sites for hydroxylation is 1. The normalized spacial score (nSPS) is 14.4. The molecule has 2 heterocycles. The van der Waals surface area contributed by atoms with Crippen molar-refractivity contribution < 1.29 is 18.7 Å². The summed E-state index contributed by atoms with van der Waals surface area (Å²) in [5.41, 5.74) is 1.64. The van der Waals surface area contributed by atoms with E-state index in [4.69, 9.17) is 9.15 Å². The monoisotopic (exact) mass is 342 g/mol. The molecule has 132 valence electrons. The first-order chi connectivity index (χ1) is 12.2. The summed E-state index contributed by atoms with van der Waals surface area (Å²) in [6.07, 6.45) is 4.09. The summed E-state index contributed by atoms with van der Waals surface area (Å²) in [5.74, 6) is 0.881. The van der Waals surface area contributed by atoms with Gasteiger partial charge in [0.05, 0.1) is 18.9 Å². The number of hydrogen-bond acceptors (Lipinski definition) is 4. The van der Waals surface area contributed by atoms with Crippen LogP contribution in [-0.4, -0.2) is 54.9 Å². The molecule has 0 saturated carbocycles. The van der Waals surface area contributed by atoms with Gasteiger partial charge in [-0.05, 0) is 30.2 Å². The second-order valence-corrected chi connectivity index (χ2v) is 6.04. The minimum atomic E-state index is -0.0442. The van der Waals surface area contributed by atoms with E-state index in [1.165, 1.54) is 12.5 Å². The van der Waals surface area contributed by atoms with Crippen molar-refractivity contribution in [2.24, 2.45) is 0 Å². The van der Waals surface area contributed by atoms with Gasteiger partial charge in [0, 0.05) is 32.6 Å². The molecule has 1 aromatic carbocycles. The van der Waals surface area contributed by atoms with E-state index < -0.39 is 0 Å². The van der Waals surface area contributed by atoms with Crippen molar-refractivity contribution in [3.63, 3.8) is 0 Å². The zero-order valence-corrected chi connectivity index (χ0v) is 14.3. The molecule has 1 aliphatic heterocycles. The van der Waals surface area contributed by atoms with E-state index in [-0.39, 0.29) is 11.8 Å². The molecular weight excluding hydrogens is 320 g/mol. The number of nitrogens with zero attached hydrogens (tertiary/aromatic N) is 2. The predicted octanol–water partition coefficient (Wildman–Crippen LogP) is 2.21. The lowest BCUT2D eigenvalue weighted by atomic mass is 10.1. The molecule has 0 aliphatic carbocycles. The zero-order valence-electron chi connectivity index (χ0n) is 14.3. The van der Waals surface area contributed by atoms with E-state index in [9.17, 15) is 9.59 Å². The molecule has 25 heavy (non-hydrogen) atoms. The summed E-state index contributed by atoms with van der Waals surface area (Å²) in [6.45, 7) is 2.24. The highest BCUT2D eigenvalue weighted by atomic mass is 16.5. The van der Waals surface area contributed by atoms with Gasteiger partial charge in [-0.25, -0.2) is 0 Å². The Labute approximate surface area is 147 Å².